The fourth-order valence-electron chi connectivity index (χ4n) is 1.97. The highest BCUT2D eigenvalue weighted by molar-refractivity contribution is 5.43. The van der Waals surface area contributed by atoms with Crippen molar-refractivity contribution < 1.29 is 23.4 Å². The topological polar surface area (TPSA) is 50.7 Å². The highest BCUT2D eigenvalue weighted by Gasteiger charge is 2.20. The third-order valence-corrected chi connectivity index (χ3v) is 3.61. The first-order valence-corrected chi connectivity index (χ1v) is 6.91. The zero-order valence-electron chi connectivity index (χ0n) is 12.7. The molecular formula is C15H23F2NO3. The molecule has 1 aromatic rings. The van der Waals surface area contributed by atoms with E-state index in [2.05, 4.69) is 10.1 Å². The summed E-state index contributed by atoms with van der Waals surface area (Å²) in [7, 11) is 1.40. The molecule has 6 heteroatoms. The molecule has 0 aliphatic rings. The molecule has 0 saturated heterocycles. The lowest BCUT2D eigenvalue weighted by molar-refractivity contribution is -0.0512. The van der Waals surface area contributed by atoms with Gasteiger partial charge in [-0.1, -0.05) is 13.0 Å². The van der Waals surface area contributed by atoms with Crippen molar-refractivity contribution in [3.05, 3.63) is 23.8 Å². The smallest absolute Gasteiger partial charge is 0.387 e. The van der Waals surface area contributed by atoms with Crippen LogP contribution in [0, 0.1) is 0 Å². The second-order valence-electron chi connectivity index (χ2n) is 5.11. The van der Waals surface area contributed by atoms with E-state index in [1.165, 1.54) is 13.2 Å². The normalized spacial score (nSPS) is 14.0. The second-order valence-corrected chi connectivity index (χ2v) is 5.11. The van der Waals surface area contributed by atoms with Gasteiger partial charge >= 0.3 is 6.61 Å². The summed E-state index contributed by atoms with van der Waals surface area (Å²) in [6.07, 6.45) is 1.48. The fraction of sp³-hybridized carbons (Fsp3) is 0.600. The van der Waals surface area contributed by atoms with Gasteiger partial charge in [0.2, 0.25) is 0 Å². The number of hydrogen-bond donors (Lipinski definition) is 2. The van der Waals surface area contributed by atoms with Gasteiger partial charge in [0.25, 0.3) is 0 Å². The van der Waals surface area contributed by atoms with Crippen molar-refractivity contribution in [1.29, 1.82) is 0 Å². The molecule has 1 unspecified atom stereocenters. The van der Waals surface area contributed by atoms with Crippen LogP contribution < -0.4 is 14.8 Å². The first kappa shape index (κ1) is 17.7. The van der Waals surface area contributed by atoms with E-state index in [4.69, 9.17) is 9.84 Å². The van der Waals surface area contributed by atoms with Crippen molar-refractivity contribution in [2.45, 2.75) is 45.4 Å². The quantitative estimate of drug-likeness (QED) is 0.736. The summed E-state index contributed by atoms with van der Waals surface area (Å²) >= 11 is 0. The predicted molar refractivity (Wildman–Crippen MR) is 76.9 cm³/mol. The Bertz CT molecular complexity index is 443. The van der Waals surface area contributed by atoms with Gasteiger partial charge in [0, 0.05) is 18.7 Å². The van der Waals surface area contributed by atoms with Gasteiger partial charge in [-0.2, -0.15) is 8.78 Å². The SMILES string of the molecule is CCC(C)(CCO)NCc1ccc(OC)c(OC(F)F)c1. The Morgan fingerprint density at radius 1 is 1.33 bits per heavy atom. The molecule has 2 N–H and O–H groups in total. The number of methoxy groups -OCH3 is 1. The van der Waals surface area contributed by atoms with Gasteiger partial charge in [0.15, 0.2) is 11.5 Å². The molecule has 4 nitrogen and oxygen atoms in total. The molecule has 0 amide bonds. The maximum Gasteiger partial charge on any atom is 0.387 e. The Balaban J connectivity index is 2.79. The highest BCUT2D eigenvalue weighted by atomic mass is 19.3. The maximum atomic E-state index is 12.4. The van der Waals surface area contributed by atoms with Gasteiger partial charge in [-0.3, -0.25) is 0 Å². The van der Waals surface area contributed by atoms with Gasteiger partial charge in [0.1, 0.15) is 0 Å². The summed E-state index contributed by atoms with van der Waals surface area (Å²) in [6.45, 7) is 1.75. The molecule has 1 atom stereocenters. The van der Waals surface area contributed by atoms with Crippen LogP contribution in [0.25, 0.3) is 0 Å². The first-order chi connectivity index (χ1) is 9.94. The van der Waals surface area contributed by atoms with Crippen LogP contribution in [0.2, 0.25) is 0 Å². The molecule has 21 heavy (non-hydrogen) atoms. The van der Waals surface area contributed by atoms with E-state index in [1.54, 1.807) is 12.1 Å². The zero-order chi connectivity index (χ0) is 15.9. The zero-order valence-corrected chi connectivity index (χ0v) is 12.7. The Morgan fingerprint density at radius 2 is 2.05 bits per heavy atom. The minimum Gasteiger partial charge on any atom is -0.493 e. The van der Waals surface area contributed by atoms with Gasteiger partial charge < -0.3 is 19.9 Å². The number of aliphatic hydroxyl groups excluding tert-OH is 1. The molecule has 0 spiro atoms. The minimum atomic E-state index is -2.89. The molecule has 0 heterocycles. The summed E-state index contributed by atoms with van der Waals surface area (Å²) < 4.78 is 34.2. The molecule has 0 aliphatic carbocycles. The average Bonchev–Trinajstić information content (AvgIpc) is 2.45. The lowest BCUT2D eigenvalue weighted by atomic mass is 9.94. The summed E-state index contributed by atoms with van der Waals surface area (Å²) in [6, 6.07) is 4.93. The lowest BCUT2D eigenvalue weighted by Gasteiger charge is -2.29. The van der Waals surface area contributed by atoms with E-state index in [0.29, 0.717) is 13.0 Å². The van der Waals surface area contributed by atoms with Crippen LogP contribution in [0.1, 0.15) is 32.3 Å². The molecule has 1 aromatic carbocycles. The van der Waals surface area contributed by atoms with Crippen LogP contribution >= 0.6 is 0 Å². The molecular weight excluding hydrogens is 280 g/mol. The third kappa shape index (κ3) is 5.47. The summed E-state index contributed by atoms with van der Waals surface area (Å²) in [5.41, 5.74) is 0.613. The first-order valence-electron chi connectivity index (χ1n) is 6.91. The van der Waals surface area contributed by atoms with E-state index in [-0.39, 0.29) is 23.6 Å². The Kier molecular flexibility index (Phi) is 6.84. The minimum absolute atomic E-state index is 0.0205. The van der Waals surface area contributed by atoms with Crippen molar-refractivity contribution in [3.8, 4) is 11.5 Å². The molecule has 0 bridgehead atoms. The van der Waals surface area contributed by atoms with Crippen LogP contribution in [0.5, 0.6) is 11.5 Å². The van der Waals surface area contributed by atoms with Crippen molar-refractivity contribution >= 4 is 0 Å². The van der Waals surface area contributed by atoms with Gasteiger partial charge in [-0.15, -0.1) is 0 Å². The molecule has 0 aromatic heterocycles. The highest BCUT2D eigenvalue weighted by Crippen LogP contribution is 2.29. The fourth-order valence-corrected chi connectivity index (χ4v) is 1.97. The standard InChI is InChI=1S/C15H23F2NO3/c1-4-15(2,7-8-19)18-10-11-5-6-12(20-3)13(9-11)21-14(16)17/h5-6,9,14,18-19H,4,7-8,10H2,1-3H3. The van der Waals surface area contributed by atoms with E-state index in [9.17, 15) is 8.78 Å². The van der Waals surface area contributed by atoms with Gasteiger partial charge in [-0.25, -0.2) is 0 Å². The van der Waals surface area contributed by atoms with Gasteiger partial charge in [-0.05, 0) is 37.5 Å². The maximum absolute atomic E-state index is 12.4. The monoisotopic (exact) mass is 303 g/mol. The predicted octanol–water partition coefficient (Wildman–Crippen LogP) is 2.94. The molecule has 0 aliphatic heterocycles. The molecule has 0 radical (unpaired) electrons. The summed E-state index contributed by atoms with van der Waals surface area (Å²) in [4.78, 5) is 0. The average molecular weight is 303 g/mol. The summed E-state index contributed by atoms with van der Waals surface area (Å²) in [5.74, 6) is 0.292. The number of hydrogen-bond acceptors (Lipinski definition) is 4. The number of nitrogens with one attached hydrogen (secondary N) is 1. The molecule has 120 valence electrons. The van der Waals surface area contributed by atoms with Crippen molar-refractivity contribution in [2.24, 2.45) is 0 Å². The summed E-state index contributed by atoms with van der Waals surface area (Å²) in [5, 5.41) is 12.4. The number of rotatable bonds is 9. The Hall–Kier alpha value is -1.40. The van der Waals surface area contributed by atoms with E-state index >= 15 is 0 Å². The van der Waals surface area contributed by atoms with Crippen LogP contribution in [0.3, 0.4) is 0 Å². The van der Waals surface area contributed by atoms with Crippen LogP contribution in [-0.2, 0) is 6.54 Å². The van der Waals surface area contributed by atoms with Crippen LogP contribution in [0.4, 0.5) is 8.78 Å². The van der Waals surface area contributed by atoms with Gasteiger partial charge in [0.05, 0.1) is 7.11 Å². The number of ether oxygens (including phenoxy) is 2. The van der Waals surface area contributed by atoms with E-state index in [1.807, 2.05) is 13.8 Å². The number of aliphatic hydroxyl groups is 1. The van der Waals surface area contributed by atoms with E-state index in [0.717, 1.165) is 12.0 Å². The third-order valence-electron chi connectivity index (χ3n) is 3.61. The van der Waals surface area contributed by atoms with Crippen molar-refractivity contribution in [1.82, 2.24) is 5.32 Å². The van der Waals surface area contributed by atoms with Crippen LogP contribution in [0.15, 0.2) is 18.2 Å². The van der Waals surface area contributed by atoms with Crippen molar-refractivity contribution in [3.63, 3.8) is 0 Å². The molecule has 0 saturated carbocycles. The number of benzene rings is 1. The molecule has 1 rings (SSSR count). The van der Waals surface area contributed by atoms with E-state index < -0.39 is 6.61 Å². The Morgan fingerprint density at radius 3 is 2.57 bits per heavy atom. The second kappa shape index (κ2) is 8.14. The lowest BCUT2D eigenvalue weighted by Crippen LogP contribution is -2.42. The Labute approximate surface area is 124 Å². The van der Waals surface area contributed by atoms with Crippen LogP contribution in [-0.4, -0.2) is 31.0 Å². The van der Waals surface area contributed by atoms with Crippen molar-refractivity contribution in [2.75, 3.05) is 13.7 Å². The number of halogens is 2. The molecule has 0 fully saturated rings. The largest absolute Gasteiger partial charge is 0.493 e. The number of alkyl halides is 2.